The molecular weight excluding hydrogens is 422 g/mol. The van der Waals surface area contributed by atoms with Crippen LogP contribution in [0.25, 0.3) is 0 Å². The highest BCUT2D eigenvalue weighted by molar-refractivity contribution is 7.99. The highest BCUT2D eigenvalue weighted by Crippen LogP contribution is 2.29. The van der Waals surface area contributed by atoms with Gasteiger partial charge in [-0.15, -0.1) is 0 Å². The lowest BCUT2D eigenvalue weighted by molar-refractivity contribution is -0.116. The molecule has 32 heavy (non-hydrogen) atoms. The summed E-state index contributed by atoms with van der Waals surface area (Å²) in [6.45, 7) is 10.8. The largest absolute Gasteiger partial charge is 0.354 e. The van der Waals surface area contributed by atoms with E-state index in [0.29, 0.717) is 11.6 Å². The molecule has 168 valence electrons. The summed E-state index contributed by atoms with van der Waals surface area (Å²) in [7, 11) is 0. The summed E-state index contributed by atoms with van der Waals surface area (Å²) in [6.07, 6.45) is 0.456. The summed E-state index contributed by atoms with van der Waals surface area (Å²) in [4.78, 5) is 26.7. The molecular formula is C23H29N7OS. The second-order valence-corrected chi connectivity index (χ2v) is 9.04. The lowest BCUT2D eigenvalue weighted by atomic mass is 10.1. The van der Waals surface area contributed by atoms with E-state index in [9.17, 15) is 4.79 Å². The molecule has 0 spiro atoms. The van der Waals surface area contributed by atoms with Gasteiger partial charge in [0.25, 0.3) is 0 Å². The first-order valence-electron chi connectivity index (χ1n) is 10.9. The number of rotatable bonds is 8. The maximum absolute atomic E-state index is 11.4. The Hall–Kier alpha value is -2.91. The van der Waals surface area contributed by atoms with Gasteiger partial charge in [0.05, 0.1) is 0 Å². The van der Waals surface area contributed by atoms with Crippen LogP contribution in [0.5, 0.6) is 0 Å². The Balaban J connectivity index is 1.57. The van der Waals surface area contributed by atoms with E-state index in [1.54, 1.807) is 6.92 Å². The van der Waals surface area contributed by atoms with E-state index in [0.717, 1.165) is 66.3 Å². The molecule has 9 heteroatoms. The first-order chi connectivity index (χ1) is 15.5. The Morgan fingerprint density at radius 1 is 1.09 bits per heavy atom. The van der Waals surface area contributed by atoms with Crippen molar-refractivity contribution < 1.29 is 4.79 Å². The van der Waals surface area contributed by atoms with E-state index in [-0.39, 0.29) is 5.78 Å². The molecule has 1 aliphatic rings. The van der Waals surface area contributed by atoms with Crippen LogP contribution in [0, 0.1) is 6.92 Å². The number of ketones is 1. The molecule has 1 aromatic carbocycles. The van der Waals surface area contributed by atoms with E-state index in [2.05, 4.69) is 32.2 Å². The van der Waals surface area contributed by atoms with Crippen LogP contribution in [0.2, 0.25) is 0 Å². The number of nitrogens with zero attached hydrogens (tertiary/aromatic N) is 5. The standard InChI is InChI=1S/C23H29N7OS/c1-4-29-9-11-30(12-10-29)22-15-20(24-21-13-16(2)27-28-21)25-23(26-22)32-19-7-5-18(6-8-19)14-17(3)31/h5-8,13,15H,4,9-12,14H2,1-3H3,(H2,24,25,26,27,28). The second kappa shape index (κ2) is 10.1. The van der Waals surface area contributed by atoms with Gasteiger partial charge in [0, 0.05) is 55.3 Å². The smallest absolute Gasteiger partial charge is 0.196 e. The van der Waals surface area contributed by atoms with Gasteiger partial charge in [-0.05, 0) is 49.9 Å². The fraction of sp³-hybridized carbons (Fsp3) is 0.391. The molecule has 1 saturated heterocycles. The van der Waals surface area contributed by atoms with Crippen molar-refractivity contribution >= 4 is 35.0 Å². The molecule has 2 aromatic heterocycles. The van der Waals surface area contributed by atoms with E-state index < -0.39 is 0 Å². The lowest BCUT2D eigenvalue weighted by Crippen LogP contribution is -2.46. The second-order valence-electron chi connectivity index (χ2n) is 8.00. The third-order valence-electron chi connectivity index (χ3n) is 5.38. The highest BCUT2D eigenvalue weighted by atomic mass is 32.2. The molecule has 0 unspecified atom stereocenters. The number of piperazine rings is 1. The van der Waals surface area contributed by atoms with E-state index >= 15 is 0 Å². The summed E-state index contributed by atoms with van der Waals surface area (Å²) >= 11 is 1.52. The number of hydrogen-bond acceptors (Lipinski definition) is 8. The topological polar surface area (TPSA) is 90.0 Å². The SMILES string of the molecule is CCN1CCN(c2cc(Nc3cc(C)[nH]n3)nc(Sc3ccc(CC(C)=O)cc3)n2)CC1. The predicted molar refractivity (Wildman–Crippen MR) is 128 cm³/mol. The van der Waals surface area contributed by atoms with Crippen LogP contribution in [-0.4, -0.2) is 63.6 Å². The number of Topliss-reactive ketones (excluding diaryl/α,β-unsaturated/α-hetero) is 1. The average molecular weight is 452 g/mol. The van der Waals surface area contributed by atoms with Crippen molar-refractivity contribution in [2.45, 2.75) is 37.2 Å². The minimum absolute atomic E-state index is 0.161. The maximum atomic E-state index is 11.4. The van der Waals surface area contributed by atoms with Crippen LogP contribution in [0.3, 0.4) is 0 Å². The van der Waals surface area contributed by atoms with E-state index in [1.807, 2.05) is 43.3 Å². The fourth-order valence-electron chi connectivity index (χ4n) is 3.66. The van der Waals surface area contributed by atoms with E-state index in [4.69, 9.17) is 9.97 Å². The van der Waals surface area contributed by atoms with Crippen molar-refractivity contribution in [2.24, 2.45) is 0 Å². The van der Waals surface area contributed by atoms with Gasteiger partial charge in [-0.1, -0.05) is 19.1 Å². The van der Waals surface area contributed by atoms with Crippen molar-refractivity contribution in [1.29, 1.82) is 0 Å². The maximum Gasteiger partial charge on any atom is 0.196 e. The predicted octanol–water partition coefficient (Wildman–Crippen LogP) is 3.68. The Labute approximate surface area is 192 Å². The summed E-state index contributed by atoms with van der Waals surface area (Å²) < 4.78 is 0. The number of hydrogen-bond donors (Lipinski definition) is 2. The summed E-state index contributed by atoms with van der Waals surface area (Å²) in [5, 5.41) is 11.2. The molecule has 3 heterocycles. The number of carbonyl (C=O) groups excluding carboxylic acids is 1. The molecule has 0 radical (unpaired) electrons. The first kappa shape index (κ1) is 22.3. The Morgan fingerprint density at radius 2 is 1.84 bits per heavy atom. The van der Waals surface area contributed by atoms with Crippen molar-refractivity contribution in [3.05, 3.63) is 47.7 Å². The Bertz CT molecular complexity index is 1060. The number of nitrogens with one attached hydrogen (secondary N) is 2. The van der Waals surface area contributed by atoms with Gasteiger partial charge in [-0.25, -0.2) is 9.97 Å². The molecule has 0 aliphatic carbocycles. The van der Waals surface area contributed by atoms with Crippen LogP contribution < -0.4 is 10.2 Å². The molecule has 8 nitrogen and oxygen atoms in total. The molecule has 0 atom stereocenters. The number of likely N-dealkylation sites (N-methyl/N-ethyl adjacent to an activating group) is 1. The van der Waals surface area contributed by atoms with Gasteiger partial charge in [0.1, 0.15) is 17.4 Å². The first-order valence-corrected chi connectivity index (χ1v) is 11.7. The zero-order valence-corrected chi connectivity index (χ0v) is 19.6. The van der Waals surface area contributed by atoms with Gasteiger partial charge in [-0.3, -0.25) is 9.89 Å². The number of benzene rings is 1. The monoisotopic (exact) mass is 451 g/mol. The fourth-order valence-corrected chi connectivity index (χ4v) is 4.43. The molecule has 3 aromatic rings. The molecule has 0 saturated carbocycles. The van der Waals surface area contributed by atoms with Gasteiger partial charge in [-0.2, -0.15) is 5.10 Å². The van der Waals surface area contributed by atoms with Crippen molar-refractivity contribution in [3.8, 4) is 0 Å². The van der Waals surface area contributed by atoms with Crippen LogP contribution >= 0.6 is 11.8 Å². The number of anilines is 3. The van der Waals surface area contributed by atoms with Gasteiger partial charge >= 0.3 is 0 Å². The quantitative estimate of drug-likeness (QED) is 0.502. The number of carbonyl (C=O) groups is 1. The van der Waals surface area contributed by atoms with Crippen molar-refractivity contribution in [2.75, 3.05) is 42.9 Å². The van der Waals surface area contributed by atoms with Gasteiger partial charge < -0.3 is 15.1 Å². The zero-order valence-electron chi connectivity index (χ0n) is 18.8. The Kier molecular flexibility index (Phi) is 7.06. The normalized spacial score (nSPS) is 14.5. The molecule has 0 bridgehead atoms. The number of H-pyrrole nitrogens is 1. The molecule has 1 aliphatic heterocycles. The van der Waals surface area contributed by atoms with Crippen LogP contribution in [0.4, 0.5) is 17.5 Å². The molecule has 0 amide bonds. The lowest BCUT2D eigenvalue weighted by Gasteiger charge is -2.34. The summed E-state index contributed by atoms with van der Waals surface area (Å²) in [5.41, 5.74) is 2.00. The third kappa shape index (κ3) is 5.86. The Morgan fingerprint density at radius 3 is 2.47 bits per heavy atom. The number of aryl methyl sites for hydroxylation is 1. The minimum atomic E-state index is 0.161. The molecule has 1 fully saturated rings. The number of aromatic nitrogens is 4. The zero-order chi connectivity index (χ0) is 22.5. The van der Waals surface area contributed by atoms with Crippen molar-refractivity contribution in [3.63, 3.8) is 0 Å². The minimum Gasteiger partial charge on any atom is -0.354 e. The highest BCUT2D eigenvalue weighted by Gasteiger charge is 2.19. The summed E-state index contributed by atoms with van der Waals surface area (Å²) in [6, 6.07) is 12.0. The van der Waals surface area contributed by atoms with Gasteiger partial charge in [0.15, 0.2) is 11.0 Å². The average Bonchev–Trinajstić information content (AvgIpc) is 3.19. The summed E-state index contributed by atoms with van der Waals surface area (Å²) in [5.74, 6) is 2.53. The van der Waals surface area contributed by atoms with Crippen molar-refractivity contribution in [1.82, 2.24) is 25.1 Å². The molecule has 2 N–H and O–H groups in total. The van der Waals surface area contributed by atoms with Gasteiger partial charge in [0.2, 0.25) is 0 Å². The third-order valence-corrected chi connectivity index (χ3v) is 6.26. The van der Waals surface area contributed by atoms with Crippen LogP contribution in [-0.2, 0) is 11.2 Å². The molecule has 4 rings (SSSR count). The van der Waals surface area contributed by atoms with Crippen LogP contribution in [0.15, 0.2) is 46.5 Å². The van der Waals surface area contributed by atoms with E-state index in [1.165, 1.54) is 11.8 Å². The van der Waals surface area contributed by atoms with Crippen LogP contribution in [0.1, 0.15) is 25.1 Å². The number of aromatic amines is 1.